The second kappa shape index (κ2) is 7.81. The van der Waals surface area contributed by atoms with Crippen molar-refractivity contribution in [2.45, 2.75) is 13.0 Å². The number of nitrogens with one attached hydrogen (secondary N) is 1. The van der Waals surface area contributed by atoms with Crippen LogP contribution in [0.1, 0.15) is 6.92 Å². The summed E-state index contributed by atoms with van der Waals surface area (Å²) >= 11 is 1.38. The number of hydrogen-bond donors (Lipinski definition) is 1. The Bertz CT molecular complexity index is 831. The van der Waals surface area contributed by atoms with E-state index in [4.69, 9.17) is 9.47 Å². The first kappa shape index (κ1) is 17.0. The number of nitrogens with zero attached hydrogens (tertiary/aromatic N) is 1. The lowest BCUT2D eigenvalue weighted by Gasteiger charge is -2.13. The first-order valence-corrected chi connectivity index (χ1v) is 8.66. The van der Waals surface area contributed by atoms with Gasteiger partial charge in [-0.2, -0.15) is 0 Å². The van der Waals surface area contributed by atoms with Gasteiger partial charge in [0.2, 0.25) is 0 Å². The molecule has 0 saturated carbocycles. The van der Waals surface area contributed by atoms with Crippen LogP contribution in [0.2, 0.25) is 0 Å². The minimum atomic E-state index is -0.615. The van der Waals surface area contributed by atoms with Gasteiger partial charge in [-0.3, -0.25) is 10.1 Å². The van der Waals surface area contributed by atoms with Crippen molar-refractivity contribution in [1.29, 1.82) is 0 Å². The minimum absolute atomic E-state index is 0.237. The highest BCUT2D eigenvalue weighted by Crippen LogP contribution is 2.26. The van der Waals surface area contributed by atoms with Crippen LogP contribution in [-0.4, -0.2) is 24.1 Å². The molecule has 0 saturated heterocycles. The number of rotatable bonds is 6. The van der Waals surface area contributed by atoms with Crippen molar-refractivity contribution < 1.29 is 14.3 Å². The fourth-order valence-corrected chi connectivity index (χ4v) is 2.91. The van der Waals surface area contributed by atoms with Gasteiger partial charge in [0, 0.05) is 10.9 Å². The van der Waals surface area contributed by atoms with Crippen LogP contribution in [0.3, 0.4) is 0 Å². The molecule has 3 rings (SSSR count). The molecule has 2 aromatic carbocycles. The van der Waals surface area contributed by atoms with Crippen LogP contribution in [0, 0.1) is 0 Å². The Hall–Kier alpha value is -2.86. The highest BCUT2D eigenvalue weighted by Gasteiger charge is 2.16. The molecule has 1 heterocycles. The van der Waals surface area contributed by atoms with Gasteiger partial charge < -0.3 is 9.47 Å². The first-order valence-electron chi connectivity index (χ1n) is 7.78. The number of amides is 1. The molecule has 0 bridgehead atoms. The van der Waals surface area contributed by atoms with Crippen LogP contribution >= 0.6 is 11.3 Å². The summed E-state index contributed by atoms with van der Waals surface area (Å²) in [6.07, 6.45) is -0.615. The van der Waals surface area contributed by atoms with Crippen molar-refractivity contribution in [3.8, 4) is 22.8 Å². The predicted octanol–water partition coefficient (Wildman–Crippen LogP) is 4.22. The molecule has 1 N–H and O–H groups in total. The van der Waals surface area contributed by atoms with Crippen molar-refractivity contribution >= 4 is 22.4 Å². The number of thiazole rings is 1. The molecule has 1 amide bonds. The van der Waals surface area contributed by atoms with Gasteiger partial charge in [0.1, 0.15) is 11.5 Å². The smallest absolute Gasteiger partial charge is 0.266 e. The molecule has 0 radical (unpaired) electrons. The molecule has 6 heteroatoms. The van der Waals surface area contributed by atoms with E-state index in [1.807, 2.05) is 60.0 Å². The van der Waals surface area contributed by atoms with Crippen LogP contribution < -0.4 is 14.8 Å². The van der Waals surface area contributed by atoms with Gasteiger partial charge in [-0.15, -0.1) is 11.3 Å². The van der Waals surface area contributed by atoms with Gasteiger partial charge in [-0.25, -0.2) is 4.98 Å². The normalized spacial score (nSPS) is 11.6. The zero-order valence-corrected chi connectivity index (χ0v) is 14.7. The van der Waals surface area contributed by atoms with Gasteiger partial charge >= 0.3 is 0 Å². The molecule has 1 unspecified atom stereocenters. The molecule has 0 fully saturated rings. The molecule has 5 nitrogen and oxygen atoms in total. The number of aromatic nitrogens is 1. The SMILES string of the molecule is COc1ccc(-c2csc(NC(=O)C(C)Oc3ccccc3)n2)cc1. The summed E-state index contributed by atoms with van der Waals surface area (Å²) in [6.45, 7) is 1.71. The third kappa shape index (κ3) is 4.36. The largest absolute Gasteiger partial charge is 0.497 e. The van der Waals surface area contributed by atoms with Crippen LogP contribution in [0.4, 0.5) is 5.13 Å². The van der Waals surface area contributed by atoms with Crippen molar-refractivity contribution in [2.24, 2.45) is 0 Å². The Morgan fingerprint density at radius 2 is 1.80 bits per heavy atom. The lowest BCUT2D eigenvalue weighted by atomic mass is 10.2. The second-order valence-electron chi connectivity index (χ2n) is 5.33. The van der Waals surface area contributed by atoms with Crippen molar-refractivity contribution in [3.05, 3.63) is 60.0 Å². The van der Waals surface area contributed by atoms with Crippen molar-refractivity contribution in [3.63, 3.8) is 0 Å². The number of carbonyl (C=O) groups excluding carboxylic acids is 1. The van der Waals surface area contributed by atoms with E-state index >= 15 is 0 Å². The Morgan fingerprint density at radius 3 is 2.48 bits per heavy atom. The molecule has 0 spiro atoms. The maximum Gasteiger partial charge on any atom is 0.266 e. The number of anilines is 1. The zero-order valence-electron chi connectivity index (χ0n) is 13.9. The summed E-state index contributed by atoms with van der Waals surface area (Å²) in [6, 6.07) is 16.9. The van der Waals surface area contributed by atoms with E-state index in [0.29, 0.717) is 10.9 Å². The third-order valence-corrected chi connectivity index (χ3v) is 4.30. The van der Waals surface area contributed by atoms with Gasteiger partial charge in [-0.05, 0) is 43.3 Å². The monoisotopic (exact) mass is 354 g/mol. The van der Waals surface area contributed by atoms with Gasteiger partial charge in [0.15, 0.2) is 11.2 Å². The van der Waals surface area contributed by atoms with Gasteiger partial charge in [0.25, 0.3) is 5.91 Å². The fraction of sp³-hybridized carbons (Fsp3) is 0.158. The Kier molecular flexibility index (Phi) is 5.30. The van der Waals surface area contributed by atoms with Gasteiger partial charge in [0.05, 0.1) is 12.8 Å². The van der Waals surface area contributed by atoms with E-state index < -0.39 is 6.10 Å². The summed E-state index contributed by atoms with van der Waals surface area (Å²) in [5, 5.41) is 5.24. The molecular weight excluding hydrogens is 336 g/mol. The van der Waals surface area contributed by atoms with E-state index in [1.54, 1.807) is 14.0 Å². The van der Waals surface area contributed by atoms with Gasteiger partial charge in [-0.1, -0.05) is 18.2 Å². The Morgan fingerprint density at radius 1 is 1.08 bits per heavy atom. The Balaban J connectivity index is 1.63. The highest BCUT2D eigenvalue weighted by atomic mass is 32.1. The summed E-state index contributed by atoms with van der Waals surface area (Å²) in [4.78, 5) is 16.7. The molecule has 0 aliphatic heterocycles. The van der Waals surface area contributed by atoms with Crippen molar-refractivity contribution in [2.75, 3.05) is 12.4 Å². The summed E-state index contributed by atoms with van der Waals surface area (Å²) in [5.41, 5.74) is 1.77. The fourth-order valence-electron chi connectivity index (χ4n) is 2.19. The van der Waals surface area contributed by atoms with E-state index in [9.17, 15) is 4.79 Å². The molecule has 0 aliphatic rings. The standard InChI is InChI=1S/C19H18N2O3S/c1-13(24-16-6-4-3-5-7-16)18(22)21-19-20-17(12-25-19)14-8-10-15(23-2)11-9-14/h3-13H,1-2H3,(H,20,21,22). The van der Waals surface area contributed by atoms with Crippen molar-refractivity contribution in [1.82, 2.24) is 4.98 Å². The Labute approximate surface area is 150 Å². The average molecular weight is 354 g/mol. The average Bonchev–Trinajstić information content (AvgIpc) is 3.11. The lowest BCUT2D eigenvalue weighted by Crippen LogP contribution is -2.30. The molecule has 3 aromatic rings. The number of carbonyl (C=O) groups is 1. The van der Waals surface area contributed by atoms with Crippen LogP contribution in [-0.2, 0) is 4.79 Å². The summed E-state index contributed by atoms with van der Waals surface area (Å²) in [5.74, 6) is 1.21. The van der Waals surface area contributed by atoms with E-state index in [1.165, 1.54) is 11.3 Å². The molecule has 0 aliphatic carbocycles. The number of hydrogen-bond acceptors (Lipinski definition) is 5. The minimum Gasteiger partial charge on any atom is -0.497 e. The van der Waals surface area contributed by atoms with E-state index in [0.717, 1.165) is 17.0 Å². The molecule has 1 atom stereocenters. The number of benzene rings is 2. The highest BCUT2D eigenvalue weighted by molar-refractivity contribution is 7.14. The maximum absolute atomic E-state index is 12.3. The van der Waals surface area contributed by atoms with Crippen LogP contribution in [0.15, 0.2) is 60.0 Å². The molecular formula is C19H18N2O3S. The van der Waals surface area contributed by atoms with Crippen LogP contribution in [0.5, 0.6) is 11.5 Å². The zero-order chi connectivity index (χ0) is 17.6. The lowest BCUT2D eigenvalue weighted by molar-refractivity contribution is -0.122. The maximum atomic E-state index is 12.3. The third-order valence-electron chi connectivity index (χ3n) is 3.55. The quantitative estimate of drug-likeness (QED) is 0.720. The van der Waals surface area contributed by atoms with Crippen LogP contribution in [0.25, 0.3) is 11.3 Å². The molecule has 128 valence electrons. The number of para-hydroxylation sites is 1. The first-order chi connectivity index (χ1) is 12.2. The molecule has 1 aromatic heterocycles. The molecule has 25 heavy (non-hydrogen) atoms. The number of ether oxygens (including phenoxy) is 2. The number of methoxy groups -OCH3 is 1. The summed E-state index contributed by atoms with van der Waals surface area (Å²) < 4.78 is 10.8. The predicted molar refractivity (Wildman–Crippen MR) is 99.3 cm³/mol. The van der Waals surface area contributed by atoms with E-state index in [-0.39, 0.29) is 5.91 Å². The second-order valence-corrected chi connectivity index (χ2v) is 6.19. The van der Waals surface area contributed by atoms with E-state index in [2.05, 4.69) is 10.3 Å². The summed E-state index contributed by atoms with van der Waals surface area (Å²) in [7, 11) is 1.63. The topological polar surface area (TPSA) is 60.5 Å².